The molecule has 1 aliphatic carbocycles. The third kappa shape index (κ3) is 4.34. The molecule has 1 aromatic rings. The summed E-state index contributed by atoms with van der Waals surface area (Å²) in [6.07, 6.45) is 10.5. The summed E-state index contributed by atoms with van der Waals surface area (Å²) in [5.74, 6) is -0.407. The van der Waals surface area contributed by atoms with Crippen LogP contribution in [0, 0.1) is 0 Å². The number of aryl methyl sites for hydroxylation is 1. The number of morpholine rings is 1. The molecule has 0 radical (unpaired) electrons. The highest BCUT2D eigenvalue weighted by atomic mass is 16.5. The lowest BCUT2D eigenvalue weighted by molar-refractivity contribution is -0.137. The molecule has 1 fully saturated rings. The molecule has 1 aromatic heterocycles. The molecule has 9 nitrogen and oxygen atoms in total. The molecule has 9 heteroatoms. The van der Waals surface area contributed by atoms with Crippen molar-refractivity contribution in [3.63, 3.8) is 0 Å². The molecule has 0 saturated carbocycles. The summed E-state index contributed by atoms with van der Waals surface area (Å²) < 4.78 is 7.11. The zero-order valence-electron chi connectivity index (χ0n) is 16.0. The van der Waals surface area contributed by atoms with Crippen LogP contribution in [0.4, 0.5) is 0 Å². The van der Waals surface area contributed by atoms with E-state index in [4.69, 9.17) is 14.8 Å². The highest BCUT2D eigenvalue weighted by Crippen LogP contribution is 2.30. The van der Waals surface area contributed by atoms with Crippen LogP contribution in [0.15, 0.2) is 46.9 Å². The van der Waals surface area contributed by atoms with Crippen molar-refractivity contribution in [2.75, 3.05) is 26.3 Å². The van der Waals surface area contributed by atoms with Crippen molar-refractivity contribution in [3.8, 4) is 0 Å². The van der Waals surface area contributed by atoms with E-state index in [0.29, 0.717) is 62.8 Å². The Morgan fingerprint density at radius 2 is 2.10 bits per heavy atom. The van der Waals surface area contributed by atoms with Crippen LogP contribution >= 0.6 is 0 Å². The molecule has 3 aliphatic rings. The molecule has 1 unspecified atom stereocenters. The van der Waals surface area contributed by atoms with E-state index in [-0.39, 0.29) is 18.1 Å². The number of ketones is 1. The molecular formula is C20H23N5O4. The fourth-order valence-corrected chi connectivity index (χ4v) is 3.60. The zero-order valence-corrected chi connectivity index (χ0v) is 16.0. The second kappa shape index (κ2) is 8.52. The molecule has 152 valence electrons. The van der Waals surface area contributed by atoms with E-state index in [1.54, 1.807) is 16.8 Å². The smallest absolute Gasteiger partial charge is 0.303 e. The van der Waals surface area contributed by atoms with Crippen molar-refractivity contribution in [2.45, 2.75) is 31.7 Å². The summed E-state index contributed by atoms with van der Waals surface area (Å²) in [6, 6.07) is 0. The first-order chi connectivity index (χ1) is 14.1. The van der Waals surface area contributed by atoms with Crippen molar-refractivity contribution in [2.24, 2.45) is 4.99 Å². The molecule has 3 heterocycles. The lowest BCUT2D eigenvalue weighted by atomic mass is 9.86. The topological polar surface area (TPSA) is 110 Å². The van der Waals surface area contributed by atoms with E-state index >= 15 is 0 Å². The average molecular weight is 397 g/mol. The molecule has 29 heavy (non-hydrogen) atoms. The monoisotopic (exact) mass is 397 g/mol. The standard InChI is InChI=1S/C20H23N5O4/c26-17-12-18(24-8-10-29-11-9-24)21-20-14(4-3-5-15(17)20)16-13-25(23-22-16)7-2-1-6-19(27)28/h3-5,12-14H,1-2,6-11H2,(H,27,28). The van der Waals surface area contributed by atoms with Crippen molar-refractivity contribution >= 4 is 17.5 Å². The van der Waals surface area contributed by atoms with Gasteiger partial charge in [0, 0.05) is 43.9 Å². The van der Waals surface area contributed by atoms with Gasteiger partial charge in [-0.3, -0.25) is 14.3 Å². The molecule has 1 N–H and O–H groups in total. The summed E-state index contributed by atoms with van der Waals surface area (Å²) in [7, 11) is 0. The highest BCUT2D eigenvalue weighted by molar-refractivity contribution is 6.30. The minimum Gasteiger partial charge on any atom is -0.481 e. The number of carboxylic acids is 1. The van der Waals surface area contributed by atoms with Gasteiger partial charge in [0.25, 0.3) is 0 Å². The normalized spacial score (nSPS) is 21.4. The largest absolute Gasteiger partial charge is 0.481 e. The minimum absolute atomic E-state index is 0.0492. The van der Waals surface area contributed by atoms with Gasteiger partial charge >= 0.3 is 5.97 Å². The Morgan fingerprint density at radius 3 is 2.90 bits per heavy atom. The third-order valence-electron chi connectivity index (χ3n) is 5.14. The second-order valence-electron chi connectivity index (χ2n) is 7.16. The van der Waals surface area contributed by atoms with Crippen LogP contribution < -0.4 is 0 Å². The van der Waals surface area contributed by atoms with Crippen molar-refractivity contribution in [3.05, 3.63) is 47.6 Å². The van der Waals surface area contributed by atoms with E-state index in [9.17, 15) is 9.59 Å². The molecule has 2 aliphatic heterocycles. The van der Waals surface area contributed by atoms with Gasteiger partial charge in [0.15, 0.2) is 5.78 Å². The van der Waals surface area contributed by atoms with Gasteiger partial charge in [-0.2, -0.15) is 0 Å². The maximum Gasteiger partial charge on any atom is 0.303 e. The van der Waals surface area contributed by atoms with Crippen LogP contribution in [0.1, 0.15) is 30.9 Å². The van der Waals surface area contributed by atoms with E-state index in [2.05, 4.69) is 15.2 Å². The number of fused-ring (bicyclic) bond motifs is 1. The number of rotatable bonds is 7. The van der Waals surface area contributed by atoms with E-state index in [0.717, 1.165) is 5.69 Å². The number of hydrogen-bond acceptors (Lipinski definition) is 7. The molecule has 4 rings (SSSR count). The lowest BCUT2D eigenvalue weighted by Crippen LogP contribution is -2.37. The van der Waals surface area contributed by atoms with Gasteiger partial charge in [-0.1, -0.05) is 17.4 Å². The number of aromatic nitrogens is 3. The van der Waals surface area contributed by atoms with Gasteiger partial charge in [-0.25, -0.2) is 4.99 Å². The molecule has 1 saturated heterocycles. The van der Waals surface area contributed by atoms with Gasteiger partial charge < -0.3 is 14.7 Å². The first-order valence-electron chi connectivity index (χ1n) is 9.80. The number of ether oxygens (including phenoxy) is 1. The molecule has 0 amide bonds. The maximum absolute atomic E-state index is 12.7. The number of aliphatic imine (C=N–C) groups is 1. The van der Waals surface area contributed by atoms with E-state index in [1.165, 1.54) is 0 Å². The number of carbonyl (C=O) groups is 2. The molecule has 1 atom stereocenters. The van der Waals surface area contributed by atoms with Gasteiger partial charge in [-0.05, 0) is 18.9 Å². The quantitative estimate of drug-likeness (QED) is 0.691. The van der Waals surface area contributed by atoms with Gasteiger partial charge in [0.2, 0.25) is 0 Å². The summed E-state index contributed by atoms with van der Waals surface area (Å²) in [5.41, 5.74) is 2.00. The Kier molecular flexibility index (Phi) is 5.66. The second-order valence-corrected chi connectivity index (χ2v) is 7.16. The molecule has 0 bridgehead atoms. The SMILES string of the molecule is O=C(O)CCCCn1cc(C2C=CC=C3C(=O)C=C(N4CCOCC4)N=C32)nn1. The molecular weight excluding hydrogens is 374 g/mol. The Labute approximate surface area is 168 Å². The number of carboxylic acid groups (broad SMARTS) is 1. The third-order valence-corrected chi connectivity index (χ3v) is 5.14. The fraction of sp³-hybridized carbons (Fsp3) is 0.450. The lowest BCUT2D eigenvalue weighted by Gasteiger charge is -2.31. The first kappa shape index (κ1) is 19.3. The average Bonchev–Trinajstić information content (AvgIpc) is 3.20. The van der Waals surface area contributed by atoms with Crippen LogP contribution in [0.2, 0.25) is 0 Å². The highest BCUT2D eigenvalue weighted by Gasteiger charge is 2.31. The minimum atomic E-state index is -0.792. The van der Waals surface area contributed by atoms with Crippen LogP contribution in [-0.4, -0.2) is 68.8 Å². The van der Waals surface area contributed by atoms with Crippen LogP contribution in [0.25, 0.3) is 0 Å². The summed E-state index contributed by atoms with van der Waals surface area (Å²) in [5, 5.41) is 17.2. The van der Waals surface area contributed by atoms with Gasteiger partial charge in [0.1, 0.15) is 5.82 Å². The van der Waals surface area contributed by atoms with Crippen LogP contribution in [0.5, 0.6) is 0 Å². The Hall–Kier alpha value is -3.07. The summed E-state index contributed by atoms with van der Waals surface area (Å²) >= 11 is 0. The maximum atomic E-state index is 12.7. The van der Waals surface area contributed by atoms with E-state index < -0.39 is 5.97 Å². The Balaban J connectivity index is 1.51. The van der Waals surface area contributed by atoms with Crippen molar-refractivity contribution in [1.82, 2.24) is 19.9 Å². The number of nitrogens with zero attached hydrogens (tertiary/aromatic N) is 5. The first-order valence-corrected chi connectivity index (χ1v) is 9.80. The number of unbranched alkanes of at least 4 members (excludes halogenated alkanes) is 1. The number of carbonyl (C=O) groups excluding carboxylic acids is 1. The summed E-state index contributed by atoms with van der Waals surface area (Å²) in [6.45, 7) is 3.27. The van der Waals surface area contributed by atoms with Gasteiger partial charge in [0.05, 0.1) is 30.5 Å². The number of allylic oxidation sites excluding steroid dienone is 5. The summed E-state index contributed by atoms with van der Waals surface area (Å²) in [4.78, 5) is 30.2. The van der Waals surface area contributed by atoms with Crippen LogP contribution in [-0.2, 0) is 20.9 Å². The number of aliphatic carboxylic acids is 1. The van der Waals surface area contributed by atoms with Crippen LogP contribution in [0.3, 0.4) is 0 Å². The van der Waals surface area contributed by atoms with Crippen molar-refractivity contribution in [1.29, 1.82) is 0 Å². The molecule has 0 aromatic carbocycles. The molecule has 0 spiro atoms. The van der Waals surface area contributed by atoms with Crippen molar-refractivity contribution < 1.29 is 19.4 Å². The fourth-order valence-electron chi connectivity index (χ4n) is 3.60. The zero-order chi connectivity index (χ0) is 20.2. The predicted octanol–water partition coefficient (Wildman–Crippen LogP) is 1.31. The van der Waals surface area contributed by atoms with Gasteiger partial charge in [-0.15, -0.1) is 5.10 Å². The predicted molar refractivity (Wildman–Crippen MR) is 104 cm³/mol. The Morgan fingerprint density at radius 1 is 1.28 bits per heavy atom. The Bertz CT molecular complexity index is 921. The van der Waals surface area contributed by atoms with E-state index in [1.807, 2.05) is 18.3 Å². The number of hydrogen-bond donors (Lipinski definition) is 1.